The molecule has 2 rings (SSSR count). The fourth-order valence-electron chi connectivity index (χ4n) is 1.78. The molecule has 3 nitrogen and oxygen atoms in total. The van der Waals surface area contributed by atoms with Gasteiger partial charge in [0.1, 0.15) is 6.61 Å². The lowest BCUT2D eigenvalue weighted by Gasteiger charge is -2.11. The zero-order chi connectivity index (χ0) is 16.7. The molecule has 0 saturated carbocycles. The van der Waals surface area contributed by atoms with Gasteiger partial charge in [-0.15, -0.1) is 0 Å². The number of aliphatic hydroxyl groups is 1. The Labute approximate surface area is 136 Å². The molecule has 0 aromatic heterocycles. The largest absolute Gasteiger partial charge is 0.457 e. The summed E-state index contributed by atoms with van der Waals surface area (Å²) in [4.78, 5) is 12.0. The third kappa shape index (κ3) is 5.28. The van der Waals surface area contributed by atoms with Gasteiger partial charge in [-0.2, -0.15) is 0 Å². The van der Waals surface area contributed by atoms with E-state index in [9.17, 15) is 9.90 Å². The Balaban J connectivity index is 1.97. The highest BCUT2D eigenvalue weighted by atomic mass is 16.5. The summed E-state index contributed by atoms with van der Waals surface area (Å²) in [6.45, 7) is 4.00. The van der Waals surface area contributed by atoms with Crippen molar-refractivity contribution >= 4 is 5.97 Å². The van der Waals surface area contributed by atoms with Crippen LogP contribution in [0.25, 0.3) is 0 Å². The molecule has 2 aromatic rings. The van der Waals surface area contributed by atoms with Crippen molar-refractivity contribution in [3.05, 3.63) is 71.3 Å². The molecule has 118 valence electrons. The monoisotopic (exact) mass is 308 g/mol. The topological polar surface area (TPSA) is 46.5 Å². The van der Waals surface area contributed by atoms with Crippen molar-refractivity contribution in [2.75, 3.05) is 6.61 Å². The highest BCUT2D eigenvalue weighted by Crippen LogP contribution is 2.12. The Morgan fingerprint density at radius 1 is 1.09 bits per heavy atom. The quantitative estimate of drug-likeness (QED) is 0.695. The van der Waals surface area contributed by atoms with Gasteiger partial charge >= 0.3 is 5.97 Å². The SMILES string of the molecule is CC(C)(C#Cc1ccc(C(=O)OCc2ccccc2)cc1)CO. The van der Waals surface area contributed by atoms with E-state index in [0.29, 0.717) is 5.56 Å². The zero-order valence-electron chi connectivity index (χ0n) is 13.4. The molecule has 3 heteroatoms. The fourth-order valence-corrected chi connectivity index (χ4v) is 1.78. The first kappa shape index (κ1) is 16.8. The van der Waals surface area contributed by atoms with E-state index in [1.54, 1.807) is 24.3 Å². The molecule has 0 saturated heterocycles. The highest BCUT2D eigenvalue weighted by molar-refractivity contribution is 5.89. The van der Waals surface area contributed by atoms with E-state index < -0.39 is 5.41 Å². The van der Waals surface area contributed by atoms with Crippen LogP contribution in [-0.2, 0) is 11.3 Å². The van der Waals surface area contributed by atoms with E-state index >= 15 is 0 Å². The van der Waals surface area contributed by atoms with Gasteiger partial charge in [-0.3, -0.25) is 0 Å². The number of benzene rings is 2. The maximum absolute atomic E-state index is 12.0. The van der Waals surface area contributed by atoms with Crippen molar-refractivity contribution in [3.63, 3.8) is 0 Å². The average Bonchev–Trinajstić information content (AvgIpc) is 2.59. The molecular formula is C20H20O3. The average molecular weight is 308 g/mol. The summed E-state index contributed by atoms with van der Waals surface area (Å²) >= 11 is 0. The number of aliphatic hydroxyl groups excluding tert-OH is 1. The van der Waals surface area contributed by atoms with Crippen LogP contribution in [0.1, 0.15) is 35.3 Å². The van der Waals surface area contributed by atoms with Crippen molar-refractivity contribution in [1.29, 1.82) is 0 Å². The second kappa shape index (κ2) is 7.62. The summed E-state index contributed by atoms with van der Waals surface area (Å²) in [7, 11) is 0. The van der Waals surface area contributed by atoms with Crippen molar-refractivity contribution < 1.29 is 14.6 Å². The summed E-state index contributed by atoms with van der Waals surface area (Å²) in [5.41, 5.74) is 1.81. The molecule has 0 heterocycles. The molecule has 0 radical (unpaired) electrons. The lowest BCUT2D eigenvalue weighted by atomic mass is 9.95. The van der Waals surface area contributed by atoms with Gasteiger partial charge in [-0.25, -0.2) is 4.79 Å². The summed E-state index contributed by atoms with van der Waals surface area (Å²) < 4.78 is 5.28. The summed E-state index contributed by atoms with van der Waals surface area (Å²) in [5.74, 6) is 5.64. The van der Waals surface area contributed by atoms with Gasteiger partial charge in [0.15, 0.2) is 0 Å². The number of rotatable bonds is 4. The van der Waals surface area contributed by atoms with Crippen LogP contribution >= 0.6 is 0 Å². The molecule has 0 atom stereocenters. The van der Waals surface area contributed by atoms with Gasteiger partial charge in [-0.05, 0) is 43.7 Å². The standard InChI is InChI=1S/C20H20O3/c1-20(2,15-21)13-12-16-8-10-18(11-9-16)19(22)23-14-17-6-4-3-5-7-17/h3-11,21H,14-15H2,1-2H3. The fraction of sp³-hybridized carbons (Fsp3) is 0.250. The van der Waals surface area contributed by atoms with Crippen LogP contribution in [0.5, 0.6) is 0 Å². The Hall–Kier alpha value is -2.57. The minimum absolute atomic E-state index is 0.00386. The van der Waals surface area contributed by atoms with Gasteiger partial charge in [0.05, 0.1) is 12.2 Å². The summed E-state index contributed by atoms with van der Waals surface area (Å²) in [6.07, 6.45) is 0. The van der Waals surface area contributed by atoms with E-state index in [0.717, 1.165) is 11.1 Å². The van der Waals surface area contributed by atoms with Crippen molar-refractivity contribution in [2.24, 2.45) is 5.41 Å². The molecule has 0 aliphatic rings. The number of hydrogen-bond acceptors (Lipinski definition) is 3. The number of carbonyl (C=O) groups is 1. The van der Waals surface area contributed by atoms with E-state index in [1.807, 2.05) is 44.2 Å². The Morgan fingerprint density at radius 3 is 2.35 bits per heavy atom. The normalized spacial score (nSPS) is 10.6. The second-order valence-electron chi connectivity index (χ2n) is 5.93. The van der Waals surface area contributed by atoms with Crippen molar-refractivity contribution in [3.8, 4) is 11.8 Å². The highest BCUT2D eigenvalue weighted by Gasteiger charge is 2.11. The molecule has 0 aliphatic heterocycles. The molecule has 0 spiro atoms. The maximum Gasteiger partial charge on any atom is 0.338 e. The summed E-state index contributed by atoms with van der Waals surface area (Å²) in [6, 6.07) is 16.5. The second-order valence-corrected chi connectivity index (χ2v) is 5.93. The Kier molecular flexibility index (Phi) is 5.56. The number of ether oxygens (including phenoxy) is 1. The molecule has 0 fully saturated rings. The third-order valence-corrected chi connectivity index (χ3v) is 3.27. The molecular weight excluding hydrogens is 288 g/mol. The van der Waals surface area contributed by atoms with Crippen LogP contribution in [0.2, 0.25) is 0 Å². The van der Waals surface area contributed by atoms with Crippen molar-refractivity contribution in [1.82, 2.24) is 0 Å². The molecule has 23 heavy (non-hydrogen) atoms. The van der Waals surface area contributed by atoms with E-state index in [4.69, 9.17) is 4.74 Å². The molecule has 0 unspecified atom stereocenters. The van der Waals surface area contributed by atoms with Gasteiger partial charge in [0, 0.05) is 11.0 Å². The number of esters is 1. The molecule has 2 aromatic carbocycles. The van der Waals surface area contributed by atoms with Crippen molar-refractivity contribution in [2.45, 2.75) is 20.5 Å². The predicted molar refractivity (Wildman–Crippen MR) is 89.7 cm³/mol. The predicted octanol–water partition coefficient (Wildman–Crippen LogP) is 3.41. The Bertz CT molecular complexity index is 704. The smallest absolute Gasteiger partial charge is 0.338 e. The van der Waals surface area contributed by atoms with Crippen LogP contribution in [0.4, 0.5) is 0 Å². The molecule has 0 aliphatic carbocycles. The lowest BCUT2D eigenvalue weighted by molar-refractivity contribution is 0.0472. The van der Waals surface area contributed by atoms with Crippen LogP contribution in [0, 0.1) is 17.3 Å². The Morgan fingerprint density at radius 2 is 1.74 bits per heavy atom. The van der Waals surface area contributed by atoms with Gasteiger partial charge in [-0.1, -0.05) is 42.2 Å². The minimum atomic E-state index is -0.437. The molecule has 0 bridgehead atoms. The molecule has 0 amide bonds. The van der Waals surface area contributed by atoms with Crippen LogP contribution < -0.4 is 0 Å². The van der Waals surface area contributed by atoms with E-state index in [2.05, 4.69) is 11.8 Å². The van der Waals surface area contributed by atoms with Crippen LogP contribution in [-0.4, -0.2) is 17.7 Å². The van der Waals surface area contributed by atoms with E-state index in [-0.39, 0.29) is 19.2 Å². The van der Waals surface area contributed by atoms with Gasteiger partial charge in [0.2, 0.25) is 0 Å². The molecule has 1 N–H and O–H groups in total. The first-order valence-electron chi connectivity index (χ1n) is 7.45. The number of carbonyl (C=O) groups excluding carboxylic acids is 1. The first-order chi connectivity index (χ1) is 11.0. The zero-order valence-corrected chi connectivity index (χ0v) is 13.4. The van der Waals surface area contributed by atoms with Crippen LogP contribution in [0.15, 0.2) is 54.6 Å². The maximum atomic E-state index is 12.0. The lowest BCUT2D eigenvalue weighted by Crippen LogP contribution is -2.13. The third-order valence-electron chi connectivity index (χ3n) is 3.27. The first-order valence-corrected chi connectivity index (χ1v) is 7.45. The minimum Gasteiger partial charge on any atom is -0.457 e. The van der Waals surface area contributed by atoms with Gasteiger partial charge in [0.25, 0.3) is 0 Å². The van der Waals surface area contributed by atoms with E-state index in [1.165, 1.54) is 0 Å². The number of hydrogen-bond donors (Lipinski definition) is 1. The van der Waals surface area contributed by atoms with Crippen LogP contribution in [0.3, 0.4) is 0 Å². The van der Waals surface area contributed by atoms with Gasteiger partial charge < -0.3 is 9.84 Å². The summed E-state index contributed by atoms with van der Waals surface area (Å²) in [5, 5.41) is 9.18.